The van der Waals surface area contributed by atoms with Gasteiger partial charge in [0, 0.05) is 18.1 Å². The first-order valence-electron chi connectivity index (χ1n) is 7.17. The topological polar surface area (TPSA) is 141 Å². The van der Waals surface area contributed by atoms with Gasteiger partial charge in [0.05, 0.1) is 15.5 Å². The number of benzene rings is 1. The average molecular weight is 355 g/mol. The van der Waals surface area contributed by atoms with Crippen molar-refractivity contribution in [3.05, 3.63) is 68.0 Å². The van der Waals surface area contributed by atoms with Crippen LogP contribution in [-0.4, -0.2) is 9.91 Å². The van der Waals surface area contributed by atoms with Gasteiger partial charge >= 0.3 is 0 Å². The molecule has 1 aliphatic heterocycles. The van der Waals surface area contributed by atoms with Crippen LogP contribution < -0.4 is 11.5 Å². The Kier molecular flexibility index (Phi) is 4.12. The molecule has 0 saturated carbocycles. The van der Waals surface area contributed by atoms with Crippen LogP contribution in [0.3, 0.4) is 0 Å². The van der Waals surface area contributed by atoms with E-state index in [4.69, 9.17) is 16.2 Å². The molecule has 1 aliphatic rings. The van der Waals surface area contributed by atoms with Gasteiger partial charge in [-0.2, -0.15) is 5.26 Å². The Morgan fingerprint density at radius 1 is 1.44 bits per heavy atom. The molecule has 9 heteroatoms. The molecule has 0 bridgehead atoms. The molecule has 1 atom stereocenters. The highest BCUT2D eigenvalue weighted by molar-refractivity contribution is 7.16. The van der Waals surface area contributed by atoms with Gasteiger partial charge < -0.3 is 16.2 Å². The zero-order valence-corrected chi connectivity index (χ0v) is 13.9. The number of nitrogen functional groups attached to an aromatic ring is 1. The smallest absolute Gasteiger partial charge is 0.269 e. The van der Waals surface area contributed by atoms with Gasteiger partial charge in [-0.05, 0) is 18.6 Å². The van der Waals surface area contributed by atoms with Crippen molar-refractivity contribution in [1.82, 2.24) is 4.98 Å². The number of nitro groups is 1. The van der Waals surface area contributed by atoms with E-state index < -0.39 is 10.8 Å². The first-order valence-corrected chi connectivity index (χ1v) is 7.99. The van der Waals surface area contributed by atoms with E-state index in [1.807, 2.05) is 6.07 Å². The Hall–Kier alpha value is -3.38. The number of aromatic nitrogens is 1. The van der Waals surface area contributed by atoms with E-state index in [-0.39, 0.29) is 17.1 Å². The summed E-state index contributed by atoms with van der Waals surface area (Å²) >= 11 is 1.24. The zero-order chi connectivity index (χ0) is 18.1. The second-order valence-electron chi connectivity index (χ2n) is 5.32. The first-order chi connectivity index (χ1) is 11.9. The maximum atomic E-state index is 11.0. The summed E-state index contributed by atoms with van der Waals surface area (Å²) in [5.41, 5.74) is 13.0. The number of allylic oxidation sites excluding steroid dienone is 2. The molecule has 0 spiro atoms. The highest BCUT2D eigenvalue weighted by Gasteiger charge is 2.28. The summed E-state index contributed by atoms with van der Waals surface area (Å²) in [5.74, 6) is -0.168. The molecule has 3 rings (SSSR count). The van der Waals surface area contributed by atoms with Crippen molar-refractivity contribution in [2.75, 3.05) is 5.73 Å². The van der Waals surface area contributed by atoms with Crippen molar-refractivity contribution in [3.8, 4) is 6.07 Å². The van der Waals surface area contributed by atoms with E-state index in [9.17, 15) is 15.4 Å². The van der Waals surface area contributed by atoms with Crippen LogP contribution in [0.25, 0.3) is 5.76 Å². The normalized spacial score (nSPS) is 16.8. The summed E-state index contributed by atoms with van der Waals surface area (Å²) in [7, 11) is 0. The second-order valence-corrected chi connectivity index (χ2v) is 6.35. The Morgan fingerprint density at radius 2 is 2.20 bits per heavy atom. The monoisotopic (exact) mass is 355 g/mol. The molecule has 0 saturated heterocycles. The molecule has 25 heavy (non-hydrogen) atoms. The molecule has 0 aliphatic carbocycles. The van der Waals surface area contributed by atoms with Crippen LogP contribution in [0.15, 0.2) is 41.8 Å². The number of nitrogens with two attached hydrogens (primary N) is 2. The van der Waals surface area contributed by atoms with Gasteiger partial charge in [-0.3, -0.25) is 10.1 Å². The van der Waals surface area contributed by atoms with Crippen molar-refractivity contribution in [1.29, 1.82) is 5.26 Å². The van der Waals surface area contributed by atoms with Gasteiger partial charge in [0.1, 0.15) is 17.4 Å². The molecule has 0 amide bonds. The van der Waals surface area contributed by atoms with Crippen molar-refractivity contribution in [2.45, 2.75) is 12.8 Å². The summed E-state index contributed by atoms with van der Waals surface area (Å²) in [6.45, 7) is 1.79. The molecule has 1 unspecified atom stereocenters. The van der Waals surface area contributed by atoms with Crippen LogP contribution in [0.5, 0.6) is 0 Å². The number of hydrogen-bond acceptors (Lipinski definition) is 8. The Bertz CT molecular complexity index is 970. The number of thiazole rings is 1. The number of rotatable bonds is 3. The summed E-state index contributed by atoms with van der Waals surface area (Å²) in [4.78, 5) is 15.4. The number of ether oxygens (including phenoxy) is 1. The molecule has 2 heterocycles. The molecular weight excluding hydrogens is 342 g/mol. The fraction of sp³-hybridized carbons (Fsp3) is 0.125. The van der Waals surface area contributed by atoms with Crippen LogP contribution >= 0.6 is 11.3 Å². The molecule has 4 N–H and O–H groups in total. The lowest BCUT2D eigenvalue weighted by molar-refractivity contribution is -0.384. The van der Waals surface area contributed by atoms with Gasteiger partial charge in [0.25, 0.3) is 5.69 Å². The summed E-state index contributed by atoms with van der Waals surface area (Å²) in [5, 5.41) is 20.8. The third-order valence-corrected chi connectivity index (χ3v) is 4.71. The van der Waals surface area contributed by atoms with E-state index in [1.165, 1.54) is 23.5 Å². The van der Waals surface area contributed by atoms with Crippen LogP contribution in [0, 0.1) is 28.4 Å². The van der Waals surface area contributed by atoms with Gasteiger partial charge in [0.2, 0.25) is 5.88 Å². The number of hydrogen-bond donors (Lipinski definition) is 2. The van der Waals surface area contributed by atoms with Crippen molar-refractivity contribution < 1.29 is 9.66 Å². The number of non-ortho nitro benzene ring substituents is 1. The molecule has 1 aromatic carbocycles. The Labute approximate surface area is 146 Å². The minimum Gasteiger partial charge on any atom is -0.439 e. The predicted octanol–water partition coefficient (Wildman–Crippen LogP) is 2.79. The van der Waals surface area contributed by atoms with E-state index in [2.05, 4.69) is 4.98 Å². The zero-order valence-electron chi connectivity index (χ0n) is 13.1. The summed E-state index contributed by atoms with van der Waals surface area (Å²) in [6.07, 6.45) is 1.70. The van der Waals surface area contributed by atoms with Gasteiger partial charge in [-0.1, -0.05) is 23.5 Å². The van der Waals surface area contributed by atoms with Crippen molar-refractivity contribution in [2.24, 2.45) is 5.73 Å². The molecule has 8 nitrogen and oxygen atoms in total. The lowest BCUT2D eigenvalue weighted by Gasteiger charge is -2.22. The fourth-order valence-electron chi connectivity index (χ4n) is 2.58. The third-order valence-electron chi connectivity index (χ3n) is 3.71. The molecular formula is C16H13N5O3S. The number of nitrogens with zero attached hydrogens (tertiary/aromatic N) is 3. The lowest BCUT2D eigenvalue weighted by atomic mass is 9.89. The van der Waals surface area contributed by atoms with Crippen LogP contribution in [-0.2, 0) is 4.74 Å². The number of anilines is 1. The van der Waals surface area contributed by atoms with E-state index >= 15 is 0 Å². The third kappa shape index (κ3) is 3.02. The number of aryl methyl sites for hydroxylation is 1. The van der Waals surface area contributed by atoms with E-state index in [1.54, 1.807) is 25.1 Å². The first kappa shape index (κ1) is 16.5. The van der Waals surface area contributed by atoms with Crippen LogP contribution in [0.4, 0.5) is 10.8 Å². The molecule has 126 valence electrons. The highest BCUT2D eigenvalue weighted by atomic mass is 32.1. The summed E-state index contributed by atoms with van der Waals surface area (Å²) in [6, 6.07) is 8.10. The summed E-state index contributed by atoms with van der Waals surface area (Å²) < 4.78 is 5.58. The van der Waals surface area contributed by atoms with Gasteiger partial charge in [-0.25, -0.2) is 4.98 Å². The molecule has 2 aromatic rings. The minimum atomic E-state index is -0.559. The Morgan fingerprint density at radius 3 is 2.80 bits per heavy atom. The standard InChI is InChI=1S/C16H13N5O3S/c1-8-14(25-16(19)20-8)13-6-11(12(7-17)15(18)24-13)9-3-2-4-10(5-9)21(22)23/h2-6,11H,18H2,1H3,(H2,19,20). The maximum Gasteiger partial charge on any atom is 0.269 e. The fourth-order valence-corrected chi connectivity index (χ4v) is 3.38. The predicted molar refractivity (Wildman–Crippen MR) is 93.0 cm³/mol. The van der Waals surface area contributed by atoms with E-state index in [0.29, 0.717) is 27.0 Å². The molecule has 0 radical (unpaired) electrons. The number of nitriles is 1. The molecule has 1 aromatic heterocycles. The highest BCUT2D eigenvalue weighted by Crippen LogP contribution is 2.39. The van der Waals surface area contributed by atoms with Crippen molar-refractivity contribution >= 4 is 27.9 Å². The maximum absolute atomic E-state index is 11.0. The largest absolute Gasteiger partial charge is 0.439 e. The van der Waals surface area contributed by atoms with Crippen LogP contribution in [0.1, 0.15) is 22.1 Å². The number of nitro benzene ring substituents is 1. The van der Waals surface area contributed by atoms with Gasteiger partial charge in [-0.15, -0.1) is 0 Å². The average Bonchev–Trinajstić information content (AvgIpc) is 2.92. The second kappa shape index (κ2) is 6.26. The minimum absolute atomic E-state index is 0.0390. The molecule has 0 fully saturated rings. The lowest BCUT2D eigenvalue weighted by Crippen LogP contribution is -2.16. The van der Waals surface area contributed by atoms with Crippen LogP contribution in [0.2, 0.25) is 0 Å². The Balaban J connectivity index is 2.12. The van der Waals surface area contributed by atoms with Gasteiger partial charge in [0.15, 0.2) is 5.13 Å². The quantitative estimate of drug-likeness (QED) is 0.637. The van der Waals surface area contributed by atoms with Crippen molar-refractivity contribution in [3.63, 3.8) is 0 Å². The van der Waals surface area contributed by atoms with E-state index in [0.717, 1.165) is 0 Å². The SMILES string of the molecule is Cc1nc(N)sc1C1=CC(c2cccc([N+](=O)[O-])c2)C(C#N)=C(N)O1.